The monoisotopic (exact) mass is 408 g/mol. The molecule has 0 fully saturated rings. The van der Waals surface area contributed by atoms with Gasteiger partial charge in [0.1, 0.15) is 11.9 Å². The summed E-state index contributed by atoms with van der Waals surface area (Å²) in [6, 6.07) is 18.4. The quantitative estimate of drug-likeness (QED) is 0.540. The van der Waals surface area contributed by atoms with Crippen LogP contribution in [-0.4, -0.2) is 25.8 Å². The summed E-state index contributed by atoms with van der Waals surface area (Å²) in [4.78, 5) is 28.2. The van der Waals surface area contributed by atoms with E-state index in [4.69, 9.17) is 11.0 Å². The molecule has 0 spiro atoms. The third kappa shape index (κ3) is 4.49. The number of nitrogens with zero attached hydrogens (tertiary/aromatic N) is 5. The molecule has 1 aromatic carbocycles. The summed E-state index contributed by atoms with van der Waals surface area (Å²) in [6.45, 7) is 2.51. The molecule has 1 amide bonds. The highest BCUT2D eigenvalue weighted by Crippen LogP contribution is 2.21. The number of aryl methyl sites for hydroxylation is 1. The van der Waals surface area contributed by atoms with Gasteiger partial charge in [-0.25, -0.2) is 4.98 Å². The summed E-state index contributed by atoms with van der Waals surface area (Å²) >= 11 is 0. The number of benzene rings is 1. The Morgan fingerprint density at radius 1 is 1.06 bits per heavy atom. The number of carbonyl (C=O) groups is 1. The fourth-order valence-corrected chi connectivity index (χ4v) is 3.28. The maximum Gasteiger partial charge on any atom is 0.254 e. The lowest BCUT2D eigenvalue weighted by atomic mass is 10.1. The van der Waals surface area contributed by atoms with Crippen LogP contribution in [0.4, 0.5) is 5.82 Å². The summed E-state index contributed by atoms with van der Waals surface area (Å²) < 4.78 is 0. The first-order valence-electron chi connectivity index (χ1n) is 9.74. The minimum atomic E-state index is -0.145. The van der Waals surface area contributed by atoms with E-state index in [9.17, 15) is 4.79 Å². The first-order valence-corrected chi connectivity index (χ1v) is 9.74. The van der Waals surface area contributed by atoms with E-state index in [0.717, 1.165) is 22.2 Å². The Kier molecular flexibility index (Phi) is 5.54. The van der Waals surface area contributed by atoms with Crippen LogP contribution in [0.1, 0.15) is 32.9 Å². The second kappa shape index (κ2) is 8.59. The molecule has 0 bridgehead atoms. The third-order valence-corrected chi connectivity index (χ3v) is 4.96. The molecular weight excluding hydrogens is 388 g/mol. The minimum absolute atomic E-state index is 0.145. The first-order chi connectivity index (χ1) is 15.0. The van der Waals surface area contributed by atoms with Gasteiger partial charge in [0, 0.05) is 23.3 Å². The minimum Gasteiger partial charge on any atom is -0.383 e. The van der Waals surface area contributed by atoms with Crippen molar-refractivity contribution >= 4 is 22.6 Å². The number of nitrogen functional groups attached to an aromatic ring is 1. The molecule has 4 aromatic rings. The topological polar surface area (TPSA) is 109 Å². The Hall–Kier alpha value is -4.31. The summed E-state index contributed by atoms with van der Waals surface area (Å²) in [7, 11) is 0. The number of hydrogen-bond acceptors (Lipinski definition) is 6. The van der Waals surface area contributed by atoms with Gasteiger partial charge in [0.25, 0.3) is 5.91 Å². The van der Waals surface area contributed by atoms with Crippen LogP contribution < -0.4 is 5.73 Å². The molecule has 0 saturated carbocycles. The Morgan fingerprint density at radius 2 is 1.87 bits per heavy atom. The van der Waals surface area contributed by atoms with Crippen molar-refractivity contribution in [2.24, 2.45) is 0 Å². The van der Waals surface area contributed by atoms with E-state index in [-0.39, 0.29) is 12.5 Å². The Balaban J connectivity index is 1.67. The fraction of sp³-hybridized carbons (Fsp3) is 0.125. The molecule has 3 aromatic heterocycles. The Morgan fingerprint density at radius 3 is 2.55 bits per heavy atom. The van der Waals surface area contributed by atoms with Crippen LogP contribution in [0, 0.1) is 18.3 Å². The predicted molar refractivity (Wildman–Crippen MR) is 118 cm³/mol. The number of amides is 1. The van der Waals surface area contributed by atoms with Gasteiger partial charge in [-0.2, -0.15) is 5.26 Å². The number of aromatic nitrogens is 3. The number of anilines is 1. The van der Waals surface area contributed by atoms with Crippen molar-refractivity contribution in [2.45, 2.75) is 20.0 Å². The molecule has 152 valence electrons. The summed E-state index contributed by atoms with van der Waals surface area (Å²) in [5.41, 5.74) is 9.99. The molecular formula is C24H20N6O. The highest BCUT2D eigenvalue weighted by atomic mass is 16.2. The zero-order chi connectivity index (χ0) is 21.8. The van der Waals surface area contributed by atoms with Gasteiger partial charge in [0.2, 0.25) is 0 Å². The molecule has 0 aliphatic rings. The Labute approximate surface area is 179 Å². The van der Waals surface area contributed by atoms with Gasteiger partial charge in [-0.05, 0) is 61.0 Å². The molecule has 2 N–H and O–H groups in total. The van der Waals surface area contributed by atoms with Crippen LogP contribution in [0.3, 0.4) is 0 Å². The largest absolute Gasteiger partial charge is 0.383 e. The summed E-state index contributed by atoms with van der Waals surface area (Å²) in [5.74, 6) is 0.337. The van der Waals surface area contributed by atoms with Crippen LogP contribution in [0.5, 0.6) is 0 Å². The number of nitriles is 1. The van der Waals surface area contributed by atoms with Crippen LogP contribution in [0.25, 0.3) is 10.9 Å². The smallest absolute Gasteiger partial charge is 0.254 e. The third-order valence-electron chi connectivity index (χ3n) is 4.96. The van der Waals surface area contributed by atoms with E-state index >= 15 is 0 Å². The van der Waals surface area contributed by atoms with Gasteiger partial charge in [-0.3, -0.25) is 14.8 Å². The molecule has 3 heterocycles. The lowest BCUT2D eigenvalue weighted by Gasteiger charge is -2.22. The summed E-state index contributed by atoms with van der Waals surface area (Å²) in [5, 5.41) is 9.84. The lowest BCUT2D eigenvalue weighted by Crippen LogP contribution is -2.30. The van der Waals surface area contributed by atoms with Crippen molar-refractivity contribution in [3.8, 4) is 6.07 Å². The van der Waals surface area contributed by atoms with Crippen molar-refractivity contribution < 1.29 is 4.79 Å². The van der Waals surface area contributed by atoms with E-state index in [1.165, 1.54) is 6.20 Å². The maximum absolute atomic E-state index is 13.4. The molecule has 7 nitrogen and oxygen atoms in total. The first kappa shape index (κ1) is 20.0. The number of pyridine rings is 3. The van der Waals surface area contributed by atoms with Crippen LogP contribution in [0.2, 0.25) is 0 Å². The van der Waals surface area contributed by atoms with E-state index in [2.05, 4.69) is 21.0 Å². The molecule has 7 heteroatoms. The standard InChI is InChI=1S/C24H20N6O/c1-16-10-19-11-18(6-8-22(19)29-23(16)26)24(31)30(14-20-4-2-3-9-27-20)15-21-7-5-17(12-25)13-28-21/h2-11,13H,14-15H2,1H3,(H2,26,29). The van der Waals surface area contributed by atoms with E-state index in [0.29, 0.717) is 29.2 Å². The number of hydrogen-bond donors (Lipinski definition) is 1. The molecule has 0 aliphatic heterocycles. The van der Waals surface area contributed by atoms with E-state index in [1.54, 1.807) is 35.4 Å². The highest BCUT2D eigenvalue weighted by Gasteiger charge is 2.19. The van der Waals surface area contributed by atoms with Crippen molar-refractivity contribution in [2.75, 3.05) is 5.73 Å². The SMILES string of the molecule is Cc1cc2cc(C(=O)N(Cc3ccccn3)Cc3ccc(C#N)cn3)ccc2nc1N. The number of carbonyl (C=O) groups excluding carboxylic acids is 1. The van der Waals surface area contributed by atoms with Gasteiger partial charge in [0.15, 0.2) is 0 Å². The molecule has 4 rings (SSSR count). The number of fused-ring (bicyclic) bond motifs is 1. The molecule has 0 aliphatic carbocycles. The zero-order valence-electron chi connectivity index (χ0n) is 17.0. The average Bonchev–Trinajstić information content (AvgIpc) is 2.80. The normalized spacial score (nSPS) is 10.6. The Bertz CT molecular complexity index is 1280. The predicted octanol–water partition coefficient (Wildman–Crippen LogP) is 3.63. The van der Waals surface area contributed by atoms with Crippen molar-refractivity contribution in [3.05, 3.63) is 95.1 Å². The van der Waals surface area contributed by atoms with Crippen molar-refractivity contribution in [1.82, 2.24) is 19.9 Å². The van der Waals surface area contributed by atoms with Crippen LogP contribution >= 0.6 is 0 Å². The second-order valence-electron chi connectivity index (χ2n) is 7.23. The molecule has 0 unspecified atom stereocenters. The highest BCUT2D eigenvalue weighted by molar-refractivity contribution is 5.98. The molecule has 0 atom stereocenters. The van der Waals surface area contributed by atoms with Gasteiger partial charge < -0.3 is 10.6 Å². The van der Waals surface area contributed by atoms with Crippen LogP contribution in [-0.2, 0) is 13.1 Å². The number of rotatable bonds is 5. The fourth-order valence-electron chi connectivity index (χ4n) is 3.28. The zero-order valence-corrected chi connectivity index (χ0v) is 17.0. The average molecular weight is 408 g/mol. The van der Waals surface area contributed by atoms with Crippen LogP contribution in [0.15, 0.2) is 67.0 Å². The lowest BCUT2D eigenvalue weighted by molar-refractivity contribution is 0.0726. The van der Waals surface area contributed by atoms with Gasteiger partial charge in [-0.1, -0.05) is 6.07 Å². The number of nitrogens with two attached hydrogens (primary N) is 1. The van der Waals surface area contributed by atoms with Crippen molar-refractivity contribution in [1.29, 1.82) is 5.26 Å². The molecule has 0 radical (unpaired) electrons. The van der Waals surface area contributed by atoms with Gasteiger partial charge >= 0.3 is 0 Å². The maximum atomic E-state index is 13.4. The van der Waals surface area contributed by atoms with E-state index < -0.39 is 0 Å². The van der Waals surface area contributed by atoms with Gasteiger partial charge in [0.05, 0.1) is 35.6 Å². The summed E-state index contributed by atoms with van der Waals surface area (Å²) in [6.07, 6.45) is 3.21. The van der Waals surface area contributed by atoms with Gasteiger partial charge in [-0.15, -0.1) is 0 Å². The van der Waals surface area contributed by atoms with E-state index in [1.807, 2.05) is 37.3 Å². The molecule has 31 heavy (non-hydrogen) atoms. The van der Waals surface area contributed by atoms with Crippen molar-refractivity contribution in [3.63, 3.8) is 0 Å². The second-order valence-corrected chi connectivity index (χ2v) is 7.23. The molecule has 0 saturated heterocycles.